The Morgan fingerprint density at radius 2 is 1.74 bits per heavy atom. The Kier molecular flexibility index (Phi) is 6.79. The van der Waals surface area contributed by atoms with E-state index >= 15 is 0 Å². The summed E-state index contributed by atoms with van der Waals surface area (Å²) >= 11 is 0. The second kappa shape index (κ2) is 10.4. The number of urea groups is 1. The molecule has 5 amide bonds. The van der Waals surface area contributed by atoms with Crippen LogP contribution in [0.2, 0.25) is 0 Å². The first kappa shape index (κ1) is 28.1. The average Bonchev–Trinajstić information content (AvgIpc) is 3.12. The molecular weight excluding hydrogens is 563 g/mol. The van der Waals surface area contributed by atoms with Crippen LogP contribution in [-0.4, -0.2) is 65.8 Å². The molecule has 0 aromatic heterocycles. The number of carbonyl (C=O) groups excluding carboxylic acids is 4. The quantitative estimate of drug-likeness (QED) is 0.453. The van der Waals surface area contributed by atoms with Gasteiger partial charge in [-0.25, -0.2) is 9.79 Å². The lowest BCUT2D eigenvalue weighted by Crippen LogP contribution is -2.52. The molecule has 1 fully saturated rings. The van der Waals surface area contributed by atoms with Crippen molar-refractivity contribution in [1.82, 2.24) is 15.5 Å². The van der Waals surface area contributed by atoms with E-state index in [0.717, 1.165) is 11.1 Å². The first-order chi connectivity index (χ1) is 20.5. The minimum absolute atomic E-state index is 0.0336. The topological polar surface area (TPSA) is 111 Å². The van der Waals surface area contributed by atoms with Crippen molar-refractivity contribution < 1.29 is 32.3 Å². The number of fused-ring (bicyclic) bond motifs is 2. The molecule has 1 aliphatic carbocycles. The molecule has 3 aromatic rings. The summed E-state index contributed by atoms with van der Waals surface area (Å²) in [5, 5.41) is 4.90. The fourth-order valence-electron chi connectivity index (χ4n) is 5.94. The zero-order valence-corrected chi connectivity index (χ0v) is 22.9. The van der Waals surface area contributed by atoms with Gasteiger partial charge >= 0.3 is 12.2 Å². The highest BCUT2D eigenvalue weighted by Gasteiger charge is 2.52. The summed E-state index contributed by atoms with van der Waals surface area (Å²) in [6.07, 6.45) is -5.31. The van der Waals surface area contributed by atoms with Gasteiger partial charge in [0.2, 0.25) is 6.17 Å². The monoisotopic (exact) mass is 589 g/mol. The van der Waals surface area contributed by atoms with Crippen LogP contribution in [0.4, 0.5) is 23.7 Å². The molecule has 1 unspecified atom stereocenters. The highest BCUT2D eigenvalue weighted by Crippen LogP contribution is 2.36. The fraction of sp³-hybridized carbons (Fsp3) is 0.258. The van der Waals surface area contributed by atoms with Gasteiger partial charge in [-0.05, 0) is 42.2 Å². The van der Waals surface area contributed by atoms with Crippen molar-refractivity contribution in [3.8, 4) is 0 Å². The van der Waals surface area contributed by atoms with E-state index in [9.17, 15) is 32.3 Å². The van der Waals surface area contributed by atoms with Crippen molar-refractivity contribution in [1.29, 1.82) is 0 Å². The highest BCUT2D eigenvalue weighted by atomic mass is 19.4. The van der Waals surface area contributed by atoms with E-state index in [0.29, 0.717) is 28.9 Å². The summed E-state index contributed by atoms with van der Waals surface area (Å²) in [4.78, 5) is 58.3. The van der Waals surface area contributed by atoms with Gasteiger partial charge < -0.3 is 10.2 Å². The number of anilines is 1. The first-order valence-corrected chi connectivity index (χ1v) is 13.6. The van der Waals surface area contributed by atoms with Crippen LogP contribution in [0.1, 0.15) is 39.0 Å². The summed E-state index contributed by atoms with van der Waals surface area (Å²) in [5.74, 6) is -2.08. The SMILES string of the molecule is CN1C(=O)NC(=O)C12CCc1cc(C(=O)N[C@@H]3N=C(c4ccccc4)c4ccccc4N(CC(F)(F)F)C3=O)ccc1C2. The second-order valence-corrected chi connectivity index (χ2v) is 10.8. The van der Waals surface area contributed by atoms with Crippen molar-refractivity contribution in [3.05, 3.63) is 101 Å². The maximum Gasteiger partial charge on any atom is 0.406 e. The molecule has 220 valence electrons. The molecule has 2 atom stereocenters. The van der Waals surface area contributed by atoms with E-state index < -0.39 is 42.3 Å². The van der Waals surface area contributed by atoms with Crippen LogP contribution < -0.4 is 15.5 Å². The molecule has 1 spiro atoms. The predicted octanol–water partition coefficient (Wildman–Crippen LogP) is 3.60. The number of amides is 5. The number of para-hydroxylation sites is 1. The number of nitrogens with zero attached hydrogens (tertiary/aromatic N) is 3. The molecule has 2 aliphatic heterocycles. The Bertz CT molecular complexity index is 1690. The van der Waals surface area contributed by atoms with E-state index in [-0.39, 0.29) is 29.3 Å². The van der Waals surface area contributed by atoms with Crippen LogP contribution in [0.25, 0.3) is 0 Å². The number of aryl methyl sites for hydroxylation is 1. The molecule has 43 heavy (non-hydrogen) atoms. The summed E-state index contributed by atoms with van der Waals surface area (Å²) in [6.45, 7) is -1.56. The smallest absolute Gasteiger partial charge is 0.322 e. The maximum atomic E-state index is 13.7. The third kappa shape index (κ3) is 5.02. The molecule has 0 bridgehead atoms. The molecule has 12 heteroatoms. The lowest BCUT2D eigenvalue weighted by molar-refractivity contribution is -0.133. The summed E-state index contributed by atoms with van der Waals surface area (Å²) in [5.41, 5.74) is 1.97. The molecule has 6 rings (SSSR count). The maximum absolute atomic E-state index is 13.7. The number of halogens is 3. The van der Waals surface area contributed by atoms with E-state index in [1.165, 1.54) is 23.1 Å². The van der Waals surface area contributed by atoms with Crippen molar-refractivity contribution in [3.63, 3.8) is 0 Å². The Morgan fingerprint density at radius 3 is 2.44 bits per heavy atom. The minimum Gasteiger partial charge on any atom is -0.322 e. The lowest BCUT2D eigenvalue weighted by atomic mass is 9.76. The Balaban J connectivity index is 1.33. The van der Waals surface area contributed by atoms with E-state index in [1.54, 1.807) is 61.6 Å². The highest BCUT2D eigenvalue weighted by molar-refractivity contribution is 6.20. The van der Waals surface area contributed by atoms with Crippen molar-refractivity contribution >= 4 is 35.2 Å². The van der Waals surface area contributed by atoms with Crippen LogP contribution in [0, 0.1) is 0 Å². The fourth-order valence-corrected chi connectivity index (χ4v) is 5.94. The van der Waals surface area contributed by atoms with Gasteiger partial charge in [0.15, 0.2) is 0 Å². The van der Waals surface area contributed by atoms with Crippen LogP contribution in [0.3, 0.4) is 0 Å². The van der Waals surface area contributed by atoms with E-state index in [4.69, 9.17) is 0 Å². The number of benzodiazepines with no additional fused rings is 1. The molecule has 9 nitrogen and oxygen atoms in total. The second-order valence-electron chi connectivity index (χ2n) is 10.8. The van der Waals surface area contributed by atoms with Gasteiger partial charge in [-0.3, -0.25) is 24.6 Å². The minimum atomic E-state index is -4.71. The molecule has 3 aliphatic rings. The van der Waals surface area contributed by atoms with Gasteiger partial charge in [0.05, 0.1) is 11.4 Å². The number of hydrogen-bond acceptors (Lipinski definition) is 5. The Morgan fingerprint density at radius 1 is 1.02 bits per heavy atom. The zero-order valence-electron chi connectivity index (χ0n) is 22.9. The van der Waals surface area contributed by atoms with Crippen LogP contribution in [0.5, 0.6) is 0 Å². The third-order valence-corrected chi connectivity index (χ3v) is 8.21. The van der Waals surface area contributed by atoms with Crippen LogP contribution in [0.15, 0.2) is 77.8 Å². The van der Waals surface area contributed by atoms with Gasteiger partial charge in [-0.2, -0.15) is 13.2 Å². The third-order valence-electron chi connectivity index (χ3n) is 8.21. The van der Waals surface area contributed by atoms with Gasteiger partial charge in [0.25, 0.3) is 17.7 Å². The summed E-state index contributed by atoms with van der Waals surface area (Å²) < 4.78 is 41.1. The normalized spacial score (nSPS) is 21.6. The summed E-state index contributed by atoms with van der Waals surface area (Å²) in [6, 6.07) is 19.3. The standard InChI is InChI=1S/C31H26F3N5O4/c1-38-29(43)37-28(42)30(38)14-13-19-15-20(11-12-21(19)16-30)26(40)36-25-27(41)39(17-31(32,33)34)23-10-6-5-9-22(23)24(35-25)18-7-3-2-4-8-18/h2-12,15,25H,13-14,16-17H2,1H3,(H,36,40)(H,37,42,43)/t25-,30?/m0/s1. The molecule has 2 N–H and O–H groups in total. The molecular formula is C31H26F3N5O4. The molecule has 0 saturated carbocycles. The first-order valence-electron chi connectivity index (χ1n) is 13.6. The van der Waals surface area contributed by atoms with Crippen LogP contribution >= 0.6 is 0 Å². The number of aliphatic imine (C=N–C) groups is 1. The average molecular weight is 590 g/mol. The number of rotatable bonds is 4. The molecule has 3 aromatic carbocycles. The zero-order chi connectivity index (χ0) is 30.5. The largest absolute Gasteiger partial charge is 0.406 e. The Labute approximate surface area is 244 Å². The molecule has 2 heterocycles. The van der Waals surface area contributed by atoms with Gasteiger partial charge in [0, 0.05) is 30.2 Å². The lowest BCUT2D eigenvalue weighted by Gasteiger charge is -2.37. The number of nitrogens with one attached hydrogen (secondary N) is 2. The number of carbonyl (C=O) groups is 4. The van der Waals surface area contributed by atoms with E-state index in [2.05, 4.69) is 15.6 Å². The van der Waals surface area contributed by atoms with E-state index in [1.807, 2.05) is 0 Å². The summed E-state index contributed by atoms with van der Waals surface area (Å²) in [7, 11) is 1.57. The Hall–Kier alpha value is -5.00. The van der Waals surface area contributed by atoms with Crippen molar-refractivity contribution in [2.45, 2.75) is 37.1 Å². The molecule has 1 saturated heterocycles. The molecule has 0 radical (unpaired) electrons. The number of benzene rings is 3. The van der Waals surface area contributed by atoms with Crippen molar-refractivity contribution in [2.24, 2.45) is 4.99 Å². The number of imide groups is 1. The van der Waals surface area contributed by atoms with Crippen molar-refractivity contribution in [2.75, 3.05) is 18.5 Å². The van der Waals surface area contributed by atoms with Gasteiger partial charge in [0.1, 0.15) is 12.1 Å². The number of likely N-dealkylation sites (N-methyl/N-ethyl adjacent to an activating group) is 1. The number of hydrogen-bond donors (Lipinski definition) is 2. The van der Waals surface area contributed by atoms with Crippen LogP contribution in [-0.2, 0) is 22.4 Å². The predicted molar refractivity (Wildman–Crippen MR) is 151 cm³/mol. The van der Waals surface area contributed by atoms with Gasteiger partial charge in [-0.15, -0.1) is 0 Å². The van der Waals surface area contributed by atoms with Gasteiger partial charge in [-0.1, -0.05) is 54.6 Å². The number of alkyl halides is 3.